The number of carbonyl (C=O) groups is 2. The van der Waals surface area contributed by atoms with E-state index in [9.17, 15) is 9.59 Å². The van der Waals surface area contributed by atoms with Crippen LogP contribution in [0, 0.1) is 0 Å². The Balaban J connectivity index is 2.00. The number of aromatic carboxylic acids is 1. The van der Waals surface area contributed by atoms with E-state index in [0.29, 0.717) is 10.6 Å². The summed E-state index contributed by atoms with van der Waals surface area (Å²) < 4.78 is 3.80. The molecule has 0 unspecified atom stereocenters. The predicted octanol–water partition coefficient (Wildman–Crippen LogP) is 1.68. The number of carboxylic acids is 1. The summed E-state index contributed by atoms with van der Waals surface area (Å²) in [4.78, 5) is 27.1. The fraction of sp³-hybridized carbons (Fsp3) is 0.308. The van der Waals surface area contributed by atoms with Gasteiger partial charge < -0.3 is 10.4 Å². The van der Waals surface area contributed by atoms with Crippen molar-refractivity contribution in [1.29, 1.82) is 0 Å². The van der Waals surface area contributed by atoms with Gasteiger partial charge in [-0.3, -0.25) is 4.79 Å². The summed E-state index contributed by atoms with van der Waals surface area (Å²) in [6.45, 7) is 4.16. The summed E-state index contributed by atoms with van der Waals surface area (Å²) in [5.74, 6) is -1.19. The Kier molecular flexibility index (Phi) is 4.59. The van der Waals surface area contributed by atoms with E-state index in [1.807, 2.05) is 13.8 Å². The van der Waals surface area contributed by atoms with Crippen molar-refractivity contribution in [3.05, 3.63) is 40.2 Å². The van der Waals surface area contributed by atoms with E-state index in [1.54, 1.807) is 6.07 Å². The molecule has 0 saturated carbocycles. The fourth-order valence-corrected chi connectivity index (χ4v) is 2.39. The van der Waals surface area contributed by atoms with Crippen LogP contribution in [-0.2, 0) is 6.54 Å². The Morgan fingerprint density at radius 3 is 2.71 bits per heavy atom. The largest absolute Gasteiger partial charge is 0.477 e. The molecule has 0 bridgehead atoms. The number of hydrogen-bond acceptors (Lipinski definition) is 6. The average molecular weight is 306 g/mol. The van der Waals surface area contributed by atoms with E-state index in [4.69, 9.17) is 5.11 Å². The lowest BCUT2D eigenvalue weighted by atomic mass is 10.1. The molecule has 0 aliphatic rings. The molecule has 0 saturated heterocycles. The number of amides is 1. The van der Waals surface area contributed by atoms with Crippen LogP contribution in [0.15, 0.2) is 18.3 Å². The van der Waals surface area contributed by atoms with Gasteiger partial charge in [-0.15, -0.1) is 5.10 Å². The molecule has 0 aliphatic heterocycles. The Labute approximate surface area is 125 Å². The number of hydrogen-bond donors (Lipinski definition) is 2. The molecule has 0 aromatic carbocycles. The van der Waals surface area contributed by atoms with Crippen LogP contribution in [0.2, 0.25) is 0 Å². The minimum absolute atomic E-state index is 0.0289. The summed E-state index contributed by atoms with van der Waals surface area (Å²) in [7, 11) is 0. The van der Waals surface area contributed by atoms with Gasteiger partial charge >= 0.3 is 5.97 Å². The second kappa shape index (κ2) is 6.40. The maximum atomic E-state index is 12.1. The normalized spacial score (nSPS) is 10.6. The van der Waals surface area contributed by atoms with E-state index in [-0.39, 0.29) is 24.1 Å². The second-order valence-corrected chi connectivity index (χ2v) is 5.44. The van der Waals surface area contributed by atoms with Gasteiger partial charge in [-0.05, 0) is 29.1 Å². The Bertz CT molecular complexity index is 652. The number of aromatic nitrogens is 3. The predicted molar refractivity (Wildman–Crippen MR) is 76.4 cm³/mol. The number of nitrogens with zero attached hydrogens (tertiary/aromatic N) is 3. The van der Waals surface area contributed by atoms with Crippen molar-refractivity contribution in [2.45, 2.75) is 26.3 Å². The summed E-state index contributed by atoms with van der Waals surface area (Å²) >= 11 is 1.06. The average Bonchev–Trinajstić information content (AvgIpc) is 2.95. The number of pyridine rings is 1. The third-order valence-corrected chi connectivity index (χ3v) is 3.50. The number of carboxylic acid groups (broad SMARTS) is 1. The van der Waals surface area contributed by atoms with E-state index < -0.39 is 5.97 Å². The highest BCUT2D eigenvalue weighted by Gasteiger charge is 2.18. The van der Waals surface area contributed by atoms with E-state index in [1.165, 1.54) is 12.3 Å². The first-order valence-corrected chi connectivity index (χ1v) is 7.05. The zero-order chi connectivity index (χ0) is 15.4. The van der Waals surface area contributed by atoms with Crippen LogP contribution in [0.25, 0.3) is 0 Å². The molecule has 2 N–H and O–H groups in total. The van der Waals surface area contributed by atoms with Crippen molar-refractivity contribution in [3.8, 4) is 0 Å². The van der Waals surface area contributed by atoms with Crippen molar-refractivity contribution < 1.29 is 14.7 Å². The monoisotopic (exact) mass is 306 g/mol. The number of carbonyl (C=O) groups excluding carboxylic acids is 1. The molecule has 2 aromatic heterocycles. The highest BCUT2D eigenvalue weighted by Crippen LogP contribution is 2.19. The van der Waals surface area contributed by atoms with Crippen LogP contribution < -0.4 is 5.32 Å². The molecule has 2 aromatic rings. The van der Waals surface area contributed by atoms with Gasteiger partial charge in [-0.1, -0.05) is 24.4 Å². The quantitative estimate of drug-likeness (QED) is 0.870. The van der Waals surface area contributed by atoms with Crippen molar-refractivity contribution in [2.75, 3.05) is 0 Å². The van der Waals surface area contributed by atoms with Gasteiger partial charge in [0, 0.05) is 12.7 Å². The van der Waals surface area contributed by atoms with Gasteiger partial charge in [0.1, 0.15) is 10.6 Å². The van der Waals surface area contributed by atoms with Crippen LogP contribution in [0.1, 0.15) is 51.2 Å². The van der Waals surface area contributed by atoms with Crippen LogP contribution in [-0.4, -0.2) is 31.6 Å². The first-order valence-electron chi connectivity index (χ1n) is 6.27. The molecule has 2 heterocycles. The Morgan fingerprint density at radius 1 is 1.38 bits per heavy atom. The third kappa shape index (κ3) is 3.60. The molecule has 2 rings (SSSR count). The molecule has 110 valence electrons. The minimum Gasteiger partial charge on any atom is -0.477 e. The third-order valence-electron chi connectivity index (χ3n) is 2.76. The zero-order valence-electron chi connectivity index (χ0n) is 11.5. The summed E-state index contributed by atoms with van der Waals surface area (Å²) in [5.41, 5.74) is 1.37. The summed E-state index contributed by atoms with van der Waals surface area (Å²) in [6, 6.07) is 3.02. The van der Waals surface area contributed by atoms with Crippen LogP contribution in [0.5, 0.6) is 0 Å². The lowest BCUT2D eigenvalue weighted by molar-refractivity contribution is 0.0690. The Hall–Kier alpha value is -2.35. The fourth-order valence-electron chi connectivity index (χ4n) is 1.65. The standard InChI is InChI=1S/C13H14N4O3S/c1-7(2)10-11(21-17-16-10)12(18)15-6-8-3-4-9(13(19)20)14-5-8/h3-5,7H,6H2,1-2H3,(H,15,18)(H,19,20). The summed E-state index contributed by atoms with van der Waals surface area (Å²) in [5, 5.41) is 15.5. The van der Waals surface area contributed by atoms with Gasteiger partial charge in [-0.25, -0.2) is 9.78 Å². The zero-order valence-corrected chi connectivity index (χ0v) is 12.3. The molecule has 21 heavy (non-hydrogen) atoms. The van der Waals surface area contributed by atoms with Gasteiger partial charge in [0.25, 0.3) is 5.91 Å². The maximum Gasteiger partial charge on any atom is 0.354 e. The number of nitrogens with one attached hydrogen (secondary N) is 1. The molecule has 0 atom stereocenters. The maximum absolute atomic E-state index is 12.1. The first kappa shape index (κ1) is 15.0. The smallest absolute Gasteiger partial charge is 0.354 e. The van der Waals surface area contributed by atoms with E-state index in [2.05, 4.69) is 19.9 Å². The lowest BCUT2D eigenvalue weighted by Gasteiger charge is -2.06. The second-order valence-electron chi connectivity index (χ2n) is 4.68. The highest BCUT2D eigenvalue weighted by molar-refractivity contribution is 7.08. The lowest BCUT2D eigenvalue weighted by Crippen LogP contribution is -2.23. The SMILES string of the molecule is CC(C)c1nnsc1C(=O)NCc1ccc(C(=O)O)nc1. The molecule has 0 radical (unpaired) electrons. The molecule has 0 fully saturated rings. The molecule has 0 spiro atoms. The van der Waals surface area contributed by atoms with Crippen LogP contribution >= 0.6 is 11.5 Å². The van der Waals surface area contributed by atoms with Crippen LogP contribution in [0.4, 0.5) is 0 Å². The van der Waals surface area contributed by atoms with Crippen molar-refractivity contribution in [1.82, 2.24) is 19.9 Å². The Morgan fingerprint density at radius 2 is 2.14 bits per heavy atom. The van der Waals surface area contributed by atoms with Crippen molar-refractivity contribution >= 4 is 23.4 Å². The minimum atomic E-state index is -1.08. The molecule has 0 aliphatic carbocycles. The molecule has 8 heteroatoms. The van der Waals surface area contributed by atoms with Gasteiger partial charge in [-0.2, -0.15) is 0 Å². The van der Waals surface area contributed by atoms with E-state index in [0.717, 1.165) is 17.1 Å². The number of rotatable bonds is 5. The van der Waals surface area contributed by atoms with Crippen molar-refractivity contribution in [2.24, 2.45) is 0 Å². The van der Waals surface area contributed by atoms with Crippen molar-refractivity contribution in [3.63, 3.8) is 0 Å². The van der Waals surface area contributed by atoms with Gasteiger partial charge in [0.15, 0.2) is 0 Å². The molecule has 1 amide bonds. The molecular weight excluding hydrogens is 292 g/mol. The van der Waals surface area contributed by atoms with Gasteiger partial charge in [0.05, 0.1) is 5.69 Å². The van der Waals surface area contributed by atoms with E-state index >= 15 is 0 Å². The van der Waals surface area contributed by atoms with Crippen LogP contribution in [0.3, 0.4) is 0 Å². The molecule has 7 nitrogen and oxygen atoms in total. The first-order chi connectivity index (χ1) is 9.99. The topological polar surface area (TPSA) is 105 Å². The van der Waals surface area contributed by atoms with Gasteiger partial charge in [0.2, 0.25) is 0 Å². The highest BCUT2D eigenvalue weighted by atomic mass is 32.1. The summed E-state index contributed by atoms with van der Waals surface area (Å²) in [6.07, 6.45) is 1.43. The molecular formula is C13H14N4O3S.